The molecule has 3 aromatic rings. The predicted octanol–water partition coefficient (Wildman–Crippen LogP) is 3.94. The molecular weight excluding hydrogens is 436 g/mol. The molecule has 1 atom stereocenters. The molecule has 2 aromatic carbocycles. The highest BCUT2D eigenvalue weighted by Crippen LogP contribution is 2.35. The molecule has 172 valence electrons. The number of nitrogens with zero attached hydrogens (tertiary/aromatic N) is 3. The molecule has 0 bridgehead atoms. The zero-order chi connectivity index (χ0) is 23.3. The van der Waals surface area contributed by atoms with Crippen molar-refractivity contribution in [1.82, 2.24) is 9.78 Å². The van der Waals surface area contributed by atoms with E-state index in [0.29, 0.717) is 30.0 Å². The van der Waals surface area contributed by atoms with Crippen LogP contribution in [0.5, 0.6) is 0 Å². The average molecular weight is 465 g/mol. The third-order valence-corrected chi connectivity index (χ3v) is 8.83. The largest absolute Gasteiger partial charge is 0.324 e. The van der Waals surface area contributed by atoms with Crippen LogP contribution in [-0.4, -0.2) is 30.7 Å². The summed E-state index contributed by atoms with van der Waals surface area (Å²) in [6.07, 6.45) is 3.95. The zero-order valence-corrected chi connectivity index (χ0v) is 19.9. The van der Waals surface area contributed by atoms with Crippen molar-refractivity contribution in [3.05, 3.63) is 70.5 Å². The highest BCUT2D eigenvalue weighted by atomic mass is 32.2. The summed E-state index contributed by atoms with van der Waals surface area (Å²) in [5.41, 5.74) is 5.99. The van der Waals surface area contributed by atoms with Crippen LogP contribution < -0.4 is 9.62 Å². The van der Waals surface area contributed by atoms with Gasteiger partial charge >= 0.3 is 0 Å². The Morgan fingerprint density at radius 1 is 1.03 bits per heavy atom. The lowest BCUT2D eigenvalue weighted by Gasteiger charge is -2.20. The lowest BCUT2D eigenvalue weighted by atomic mass is 10.1. The summed E-state index contributed by atoms with van der Waals surface area (Å²) in [4.78, 5) is 13.2. The van der Waals surface area contributed by atoms with Crippen molar-refractivity contribution in [2.24, 2.45) is 0 Å². The van der Waals surface area contributed by atoms with Gasteiger partial charge in [-0.15, -0.1) is 0 Å². The van der Waals surface area contributed by atoms with E-state index >= 15 is 0 Å². The minimum atomic E-state index is -3.80. The molecule has 1 aliphatic carbocycles. The SMILES string of the molecule is Cc1nn(C(C)C(=O)Nc2ccc3c(c2)CCC3)c(C)c1S(=O)(=O)N1CCc2ccccc21. The highest BCUT2D eigenvalue weighted by Gasteiger charge is 2.36. The van der Waals surface area contributed by atoms with Crippen molar-refractivity contribution in [1.29, 1.82) is 0 Å². The predicted molar refractivity (Wildman–Crippen MR) is 128 cm³/mol. The summed E-state index contributed by atoms with van der Waals surface area (Å²) >= 11 is 0. The van der Waals surface area contributed by atoms with Gasteiger partial charge in [-0.1, -0.05) is 24.3 Å². The maximum Gasteiger partial charge on any atom is 0.268 e. The first-order valence-electron chi connectivity index (χ1n) is 11.4. The number of amides is 1. The van der Waals surface area contributed by atoms with Gasteiger partial charge in [0.05, 0.1) is 17.1 Å². The van der Waals surface area contributed by atoms with Gasteiger partial charge in [-0.3, -0.25) is 13.8 Å². The number of nitrogens with one attached hydrogen (secondary N) is 1. The van der Waals surface area contributed by atoms with Gasteiger partial charge < -0.3 is 5.32 Å². The van der Waals surface area contributed by atoms with Gasteiger partial charge in [0.2, 0.25) is 5.91 Å². The van der Waals surface area contributed by atoms with Gasteiger partial charge in [-0.25, -0.2) is 8.42 Å². The van der Waals surface area contributed by atoms with Crippen molar-refractivity contribution in [3.63, 3.8) is 0 Å². The van der Waals surface area contributed by atoms with E-state index in [0.717, 1.165) is 30.5 Å². The Balaban J connectivity index is 1.42. The molecule has 1 amide bonds. The molecule has 1 aliphatic heterocycles. The standard InChI is InChI=1S/C25H28N4O3S/c1-16-24(33(31,32)28-14-13-20-7-4-5-10-23(20)28)17(2)29(27-16)18(3)25(30)26-22-12-11-19-8-6-9-21(19)15-22/h4-5,7,10-12,15,18H,6,8-9,13-14H2,1-3H3,(H,26,30). The van der Waals surface area contributed by atoms with Gasteiger partial charge in [0, 0.05) is 12.2 Å². The molecule has 1 unspecified atom stereocenters. The Hall–Kier alpha value is -3.13. The lowest BCUT2D eigenvalue weighted by molar-refractivity contribution is -0.119. The van der Waals surface area contributed by atoms with Crippen LogP contribution in [0.4, 0.5) is 11.4 Å². The number of carbonyl (C=O) groups excluding carboxylic acids is 1. The number of carbonyl (C=O) groups is 1. The normalized spacial score (nSPS) is 15.9. The van der Waals surface area contributed by atoms with Crippen LogP contribution in [0.15, 0.2) is 47.4 Å². The van der Waals surface area contributed by atoms with Crippen molar-refractivity contribution < 1.29 is 13.2 Å². The Bertz CT molecular complexity index is 1360. The molecule has 5 rings (SSSR count). The fraction of sp³-hybridized carbons (Fsp3) is 0.360. The summed E-state index contributed by atoms with van der Waals surface area (Å²) in [5, 5.41) is 7.45. The van der Waals surface area contributed by atoms with E-state index in [-0.39, 0.29) is 10.8 Å². The van der Waals surface area contributed by atoms with Crippen molar-refractivity contribution in [2.45, 2.75) is 57.4 Å². The van der Waals surface area contributed by atoms with Crippen LogP contribution in [0.25, 0.3) is 0 Å². The number of rotatable bonds is 5. The van der Waals surface area contributed by atoms with Crippen molar-refractivity contribution in [3.8, 4) is 0 Å². The van der Waals surface area contributed by atoms with E-state index in [1.807, 2.05) is 36.4 Å². The molecule has 1 aromatic heterocycles. The Morgan fingerprint density at radius 3 is 2.61 bits per heavy atom. The van der Waals surface area contributed by atoms with Crippen molar-refractivity contribution >= 4 is 27.3 Å². The third-order valence-electron chi connectivity index (χ3n) is 6.76. The molecule has 0 radical (unpaired) electrons. The van der Waals surface area contributed by atoms with Gasteiger partial charge in [0.15, 0.2) is 0 Å². The lowest BCUT2D eigenvalue weighted by Crippen LogP contribution is -2.30. The summed E-state index contributed by atoms with van der Waals surface area (Å²) in [6, 6.07) is 12.9. The number of benzene rings is 2. The topological polar surface area (TPSA) is 84.3 Å². The van der Waals surface area contributed by atoms with Crippen LogP contribution in [0.1, 0.15) is 47.5 Å². The average Bonchev–Trinajstić information content (AvgIpc) is 3.49. The molecule has 8 heteroatoms. The van der Waals surface area contributed by atoms with Crippen LogP contribution >= 0.6 is 0 Å². The second kappa shape index (κ2) is 8.02. The molecule has 2 aliphatic rings. The highest BCUT2D eigenvalue weighted by molar-refractivity contribution is 7.93. The molecule has 33 heavy (non-hydrogen) atoms. The molecule has 2 heterocycles. The van der Waals surface area contributed by atoms with Gasteiger partial charge in [-0.2, -0.15) is 5.10 Å². The summed E-state index contributed by atoms with van der Waals surface area (Å²) in [6.45, 7) is 5.54. The van der Waals surface area contributed by atoms with E-state index in [9.17, 15) is 13.2 Å². The van der Waals surface area contributed by atoms with Crippen LogP contribution in [0.2, 0.25) is 0 Å². The molecule has 1 N–H and O–H groups in total. The zero-order valence-electron chi connectivity index (χ0n) is 19.1. The fourth-order valence-corrected chi connectivity index (χ4v) is 6.94. The van der Waals surface area contributed by atoms with Crippen LogP contribution in [0.3, 0.4) is 0 Å². The molecular formula is C25H28N4O3S. The Kier molecular flexibility index (Phi) is 5.28. The van der Waals surface area contributed by atoms with Crippen LogP contribution in [-0.2, 0) is 34.1 Å². The number of aromatic nitrogens is 2. The smallest absolute Gasteiger partial charge is 0.268 e. The van der Waals surface area contributed by atoms with Crippen molar-refractivity contribution in [2.75, 3.05) is 16.2 Å². The van der Waals surface area contributed by atoms with E-state index in [1.54, 1.807) is 20.8 Å². The number of aryl methyl sites for hydroxylation is 3. The Morgan fingerprint density at radius 2 is 1.79 bits per heavy atom. The number of hydrogen-bond acceptors (Lipinski definition) is 4. The second-order valence-electron chi connectivity index (χ2n) is 8.90. The number of anilines is 2. The Labute approximate surface area is 194 Å². The molecule has 7 nitrogen and oxygen atoms in total. The van der Waals surface area contributed by atoms with E-state index in [1.165, 1.54) is 20.1 Å². The first-order chi connectivity index (χ1) is 15.8. The summed E-state index contributed by atoms with van der Waals surface area (Å²) < 4.78 is 30.2. The fourth-order valence-electron chi connectivity index (χ4n) is 5.07. The number of hydrogen-bond donors (Lipinski definition) is 1. The first-order valence-corrected chi connectivity index (χ1v) is 12.8. The molecule has 0 spiro atoms. The monoisotopic (exact) mass is 464 g/mol. The van der Waals surface area contributed by atoms with Crippen LogP contribution in [0, 0.1) is 13.8 Å². The number of sulfonamides is 1. The van der Waals surface area contributed by atoms with E-state index in [2.05, 4.69) is 16.5 Å². The number of para-hydroxylation sites is 1. The molecule has 0 saturated heterocycles. The summed E-state index contributed by atoms with van der Waals surface area (Å²) in [5.74, 6) is -0.228. The maximum atomic E-state index is 13.6. The third kappa shape index (κ3) is 3.62. The summed E-state index contributed by atoms with van der Waals surface area (Å²) in [7, 11) is -3.80. The van der Waals surface area contributed by atoms with E-state index in [4.69, 9.17) is 0 Å². The number of fused-ring (bicyclic) bond motifs is 2. The van der Waals surface area contributed by atoms with Gasteiger partial charge in [-0.05, 0) is 81.3 Å². The van der Waals surface area contributed by atoms with E-state index < -0.39 is 16.1 Å². The molecule has 0 fully saturated rings. The minimum absolute atomic E-state index is 0.177. The quantitative estimate of drug-likeness (QED) is 0.620. The maximum absolute atomic E-state index is 13.6. The minimum Gasteiger partial charge on any atom is -0.324 e. The van der Waals surface area contributed by atoms with Gasteiger partial charge in [0.25, 0.3) is 10.0 Å². The second-order valence-corrected chi connectivity index (χ2v) is 10.7. The first kappa shape index (κ1) is 21.7. The molecule has 0 saturated carbocycles. The van der Waals surface area contributed by atoms with Gasteiger partial charge in [0.1, 0.15) is 10.9 Å².